The summed E-state index contributed by atoms with van der Waals surface area (Å²) in [6.07, 6.45) is 4.53. The van der Waals surface area contributed by atoms with E-state index in [-0.39, 0.29) is 41.8 Å². The van der Waals surface area contributed by atoms with Gasteiger partial charge in [-0.05, 0) is 94.6 Å². The predicted molar refractivity (Wildman–Crippen MR) is 182 cm³/mol. The van der Waals surface area contributed by atoms with Gasteiger partial charge in [0.15, 0.2) is 5.76 Å². The molecule has 0 bridgehead atoms. The molecule has 264 valence electrons. The maximum absolute atomic E-state index is 13.3. The van der Waals surface area contributed by atoms with Crippen LogP contribution in [-0.2, 0) is 14.3 Å². The van der Waals surface area contributed by atoms with Crippen molar-refractivity contribution in [2.75, 3.05) is 19.7 Å². The number of phenolic OH excluding ortho intramolecular Hbond substituents is 1. The van der Waals surface area contributed by atoms with Crippen LogP contribution in [-0.4, -0.2) is 64.9 Å². The third kappa shape index (κ3) is 13.6. The van der Waals surface area contributed by atoms with Crippen molar-refractivity contribution in [3.05, 3.63) is 66.2 Å². The molecule has 2 aromatic carbocycles. The number of aromatic hydroxyl groups is 1. The Morgan fingerprint density at radius 1 is 1.15 bits per heavy atom. The molecular formula is C36H51FN4O7. The average molecular weight is 671 g/mol. The van der Waals surface area contributed by atoms with E-state index in [1.807, 2.05) is 39.5 Å². The minimum Gasteiger partial charge on any atom is -0.508 e. The lowest BCUT2D eigenvalue weighted by molar-refractivity contribution is -0.134. The number of likely N-dealkylation sites (tertiary alicyclic amines) is 1. The molecule has 12 heteroatoms. The van der Waals surface area contributed by atoms with Gasteiger partial charge in [-0.2, -0.15) is 0 Å². The van der Waals surface area contributed by atoms with Crippen LogP contribution in [0.4, 0.5) is 9.18 Å². The second kappa shape index (κ2) is 19.9. The zero-order valence-electron chi connectivity index (χ0n) is 28.9. The molecular weight excluding hydrogens is 619 g/mol. The van der Waals surface area contributed by atoms with Gasteiger partial charge in [-0.3, -0.25) is 9.59 Å². The number of nitrogens with two attached hydrogens (primary N) is 1. The molecule has 1 aromatic heterocycles. The first-order valence-electron chi connectivity index (χ1n) is 16.3. The van der Waals surface area contributed by atoms with Crippen LogP contribution >= 0.6 is 0 Å². The number of carbonyl (C=O) groups excluding carboxylic acids is 3. The number of hydrogen-bond donors (Lipinski definition) is 3. The summed E-state index contributed by atoms with van der Waals surface area (Å²) in [5.41, 5.74) is 4.99. The molecule has 1 aliphatic heterocycles. The number of benzene rings is 2. The first-order valence-corrected chi connectivity index (χ1v) is 16.3. The first kappa shape index (κ1) is 39.6. The molecule has 0 aliphatic carbocycles. The lowest BCUT2D eigenvalue weighted by Gasteiger charge is -2.27. The summed E-state index contributed by atoms with van der Waals surface area (Å²) in [5, 5.41) is 15.8. The van der Waals surface area contributed by atoms with Crippen molar-refractivity contribution < 1.29 is 37.9 Å². The van der Waals surface area contributed by atoms with Crippen LogP contribution in [0.3, 0.4) is 0 Å². The van der Waals surface area contributed by atoms with Crippen molar-refractivity contribution in [2.45, 2.75) is 91.2 Å². The molecule has 2 unspecified atom stereocenters. The van der Waals surface area contributed by atoms with Crippen molar-refractivity contribution in [3.8, 4) is 22.8 Å². The third-order valence-corrected chi connectivity index (χ3v) is 7.37. The summed E-state index contributed by atoms with van der Waals surface area (Å²) < 4.78 is 29.7. The number of carbonyl (C=O) groups is 3. The molecule has 0 spiro atoms. The minimum atomic E-state index is -0.486. The lowest BCUT2D eigenvalue weighted by Crippen LogP contribution is -2.38. The average Bonchev–Trinajstić information content (AvgIpc) is 3.66. The highest BCUT2D eigenvalue weighted by atomic mass is 19.1. The van der Waals surface area contributed by atoms with E-state index in [1.165, 1.54) is 6.07 Å². The zero-order chi connectivity index (χ0) is 35.7. The Labute approximate surface area is 283 Å². The Kier molecular flexibility index (Phi) is 16.4. The normalized spacial score (nSPS) is 14.6. The van der Waals surface area contributed by atoms with Gasteiger partial charge in [0.2, 0.25) is 12.3 Å². The summed E-state index contributed by atoms with van der Waals surface area (Å²) >= 11 is 0. The van der Waals surface area contributed by atoms with E-state index in [2.05, 4.69) is 23.1 Å². The maximum atomic E-state index is 13.3. The number of nitrogens with zero attached hydrogens (tertiary/aromatic N) is 2. The molecule has 2 atom stereocenters. The molecule has 4 N–H and O–H groups in total. The summed E-state index contributed by atoms with van der Waals surface area (Å²) in [7, 11) is 0. The number of rotatable bonds is 11. The number of aromatic nitrogens is 1. The Morgan fingerprint density at radius 3 is 2.40 bits per heavy atom. The quantitative estimate of drug-likeness (QED) is 0.149. The Balaban J connectivity index is 0.000000387. The van der Waals surface area contributed by atoms with Gasteiger partial charge in [0, 0.05) is 30.8 Å². The van der Waals surface area contributed by atoms with Crippen LogP contribution in [0.2, 0.25) is 0 Å². The number of phenols is 1. The second-order valence-corrected chi connectivity index (χ2v) is 12.8. The fourth-order valence-corrected chi connectivity index (χ4v) is 5.08. The van der Waals surface area contributed by atoms with Crippen molar-refractivity contribution >= 4 is 18.4 Å². The summed E-state index contributed by atoms with van der Waals surface area (Å²) in [5.74, 6) is 0.789. The molecule has 3 aromatic rings. The lowest BCUT2D eigenvalue weighted by atomic mass is 9.91. The smallest absolute Gasteiger partial charge is 0.407 e. The maximum Gasteiger partial charge on any atom is 0.407 e. The van der Waals surface area contributed by atoms with Gasteiger partial charge >= 0.3 is 6.09 Å². The van der Waals surface area contributed by atoms with Crippen LogP contribution in [0.1, 0.15) is 85.3 Å². The largest absolute Gasteiger partial charge is 0.508 e. The van der Waals surface area contributed by atoms with E-state index in [1.54, 1.807) is 48.5 Å². The summed E-state index contributed by atoms with van der Waals surface area (Å²) in [4.78, 5) is 35.2. The van der Waals surface area contributed by atoms with Crippen LogP contribution < -0.4 is 15.8 Å². The Hall–Kier alpha value is -4.61. The molecule has 48 heavy (non-hydrogen) atoms. The monoisotopic (exact) mass is 670 g/mol. The topological polar surface area (TPSA) is 157 Å². The number of ether oxygens (including phenoxy) is 2. The van der Waals surface area contributed by atoms with Crippen molar-refractivity contribution in [2.24, 2.45) is 11.7 Å². The van der Waals surface area contributed by atoms with Crippen LogP contribution in [0.15, 0.2) is 59.1 Å². The standard InChI is InChI=1S/C23H39N3O5.C12H9FO.CH3NO/c1-16(2)20(21(27)26-13-10-11-17(26)3)18-15-19(25-31-18)29-14-9-7-8-12-24-22(28)30-23(4,5)6;13-12-4-2-1-3-11(12)9-5-7-10(14)8-6-9;2-1-3/h15-17,20H,7-14H2,1-6H3,(H,24,28);1-8,14H;1H,(H2,2,3). The van der Waals surface area contributed by atoms with E-state index in [0.717, 1.165) is 44.2 Å². The molecule has 3 amide bonds. The van der Waals surface area contributed by atoms with Crippen molar-refractivity contribution in [1.82, 2.24) is 15.4 Å². The third-order valence-electron chi connectivity index (χ3n) is 7.37. The fourth-order valence-electron chi connectivity index (χ4n) is 5.08. The van der Waals surface area contributed by atoms with Crippen molar-refractivity contribution in [1.29, 1.82) is 0 Å². The first-order chi connectivity index (χ1) is 22.8. The van der Waals surface area contributed by atoms with Gasteiger partial charge in [-0.25, -0.2) is 9.18 Å². The molecule has 4 rings (SSSR count). The van der Waals surface area contributed by atoms with E-state index in [4.69, 9.17) is 23.9 Å². The summed E-state index contributed by atoms with van der Waals surface area (Å²) in [6, 6.07) is 15.0. The highest BCUT2D eigenvalue weighted by Crippen LogP contribution is 2.32. The molecule has 0 radical (unpaired) electrons. The highest BCUT2D eigenvalue weighted by molar-refractivity contribution is 5.84. The fraction of sp³-hybridized carbons (Fsp3) is 0.500. The van der Waals surface area contributed by atoms with E-state index < -0.39 is 11.7 Å². The molecule has 2 heterocycles. The van der Waals surface area contributed by atoms with Crippen LogP contribution in [0.25, 0.3) is 11.1 Å². The van der Waals surface area contributed by atoms with Gasteiger partial charge in [-0.1, -0.05) is 44.2 Å². The van der Waals surface area contributed by atoms with Gasteiger partial charge in [-0.15, -0.1) is 0 Å². The van der Waals surface area contributed by atoms with Crippen molar-refractivity contribution in [3.63, 3.8) is 0 Å². The highest BCUT2D eigenvalue weighted by Gasteiger charge is 2.36. The van der Waals surface area contributed by atoms with Gasteiger partial charge in [0.1, 0.15) is 23.1 Å². The predicted octanol–water partition coefficient (Wildman–Crippen LogP) is 6.80. The molecule has 1 fully saturated rings. The zero-order valence-corrected chi connectivity index (χ0v) is 28.9. The number of primary amides is 1. The molecule has 11 nitrogen and oxygen atoms in total. The van der Waals surface area contributed by atoms with Gasteiger partial charge in [0.05, 0.1) is 6.61 Å². The molecule has 1 aliphatic rings. The van der Waals surface area contributed by atoms with Crippen LogP contribution in [0, 0.1) is 11.7 Å². The number of amides is 3. The number of unbranched alkanes of at least 4 members (excludes halogenated alkanes) is 2. The molecule has 1 saturated heterocycles. The SMILES string of the molecule is CC(C)C(C(=O)N1CCCC1C)c1cc(OCCCCCNC(=O)OC(C)(C)C)no1.NC=O.Oc1ccc(-c2ccccc2F)cc1. The van der Waals surface area contributed by atoms with Crippen LogP contribution in [0.5, 0.6) is 11.6 Å². The second-order valence-electron chi connectivity index (χ2n) is 12.8. The van der Waals surface area contributed by atoms with E-state index >= 15 is 0 Å². The minimum absolute atomic E-state index is 0.110. The Bertz CT molecular complexity index is 1410. The summed E-state index contributed by atoms with van der Waals surface area (Å²) in [6.45, 7) is 13.5. The van der Waals surface area contributed by atoms with E-state index in [0.29, 0.717) is 30.4 Å². The van der Waals surface area contributed by atoms with Gasteiger partial charge in [0.25, 0.3) is 5.88 Å². The van der Waals surface area contributed by atoms with E-state index in [9.17, 15) is 14.0 Å². The number of nitrogens with one attached hydrogen (secondary N) is 1. The molecule has 0 saturated carbocycles. The number of alkyl carbamates (subject to hydrolysis) is 1. The Morgan fingerprint density at radius 2 is 1.81 bits per heavy atom. The number of hydrogen-bond acceptors (Lipinski definition) is 8. The number of halogens is 1. The van der Waals surface area contributed by atoms with Gasteiger partial charge < -0.3 is 35.1 Å².